The lowest BCUT2D eigenvalue weighted by atomic mass is 10.1. The number of carbonyl (C=O) groups excluding carboxylic acids is 1. The number of methoxy groups -OCH3 is 3. The van der Waals surface area contributed by atoms with Crippen LogP contribution in [0.4, 0.5) is 0 Å². The Balaban J connectivity index is 2.06. The van der Waals surface area contributed by atoms with E-state index in [9.17, 15) is 4.79 Å². The number of ether oxygens (including phenoxy) is 4. The van der Waals surface area contributed by atoms with Gasteiger partial charge in [-0.05, 0) is 56.2 Å². The number of amides is 1. The Morgan fingerprint density at radius 1 is 0.963 bits per heavy atom. The Kier molecular flexibility index (Phi) is 6.93. The van der Waals surface area contributed by atoms with Crippen LogP contribution >= 0.6 is 0 Å². The average Bonchev–Trinajstić information content (AvgIpc) is 2.63. The highest BCUT2D eigenvalue weighted by Gasteiger charge is 2.19. The molecule has 1 N–H and O–H groups in total. The fourth-order valence-corrected chi connectivity index (χ4v) is 2.89. The number of carbonyl (C=O) groups is 1. The first-order valence-electron chi connectivity index (χ1n) is 8.70. The van der Waals surface area contributed by atoms with Gasteiger partial charge in [-0.1, -0.05) is 6.07 Å². The lowest BCUT2D eigenvalue weighted by molar-refractivity contribution is -0.127. The Morgan fingerprint density at radius 3 is 2.15 bits per heavy atom. The first-order chi connectivity index (χ1) is 12.9. The Hall–Kier alpha value is -2.89. The third-order valence-electron chi connectivity index (χ3n) is 4.12. The van der Waals surface area contributed by atoms with Crippen molar-refractivity contribution in [3.8, 4) is 23.0 Å². The van der Waals surface area contributed by atoms with Gasteiger partial charge in [0.15, 0.2) is 17.6 Å². The zero-order valence-electron chi connectivity index (χ0n) is 16.7. The second-order valence-corrected chi connectivity index (χ2v) is 6.29. The molecule has 0 heterocycles. The molecule has 0 spiro atoms. The minimum Gasteiger partial charge on any atom is -0.493 e. The molecule has 2 aromatic carbocycles. The molecule has 0 bridgehead atoms. The molecular formula is C21H27NO5. The highest BCUT2D eigenvalue weighted by Crippen LogP contribution is 2.39. The van der Waals surface area contributed by atoms with Gasteiger partial charge in [0.05, 0.1) is 21.3 Å². The van der Waals surface area contributed by atoms with Gasteiger partial charge in [-0.25, -0.2) is 0 Å². The second-order valence-electron chi connectivity index (χ2n) is 6.29. The molecule has 0 radical (unpaired) electrons. The molecule has 2 aromatic rings. The van der Waals surface area contributed by atoms with E-state index in [0.29, 0.717) is 23.0 Å². The van der Waals surface area contributed by atoms with Gasteiger partial charge >= 0.3 is 0 Å². The molecule has 1 amide bonds. The van der Waals surface area contributed by atoms with E-state index in [-0.39, 0.29) is 12.5 Å². The standard InChI is InChI=1S/C21H27NO5/c1-13-9-14(2)11-17(10-13)27-15(3)21(23)22-12-16-7-8-18(24-4)20(26-6)19(16)25-5/h7-11,15H,12H2,1-6H3,(H,22,23)/t15-/m1/s1. The van der Waals surface area contributed by atoms with Crippen LogP contribution in [0.15, 0.2) is 30.3 Å². The summed E-state index contributed by atoms with van der Waals surface area (Å²) in [5, 5.41) is 2.87. The quantitative estimate of drug-likeness (QED) is 0.768. The van der Waals surface area contributed by atoms with E-state index in [4.69, 9.17) is 18.9 Å². The number of nitrogens with one attached hydrogen (secondary N) is 1. The molecule has 0 aliphatic heterocycles. The van der Waals surface area contributed by atoms with E-state index in [1.165, 1.54) is 0 Å². The third kappa shape index (κ3) is 5.06. The third-order valence-corrected chi connectivity index (χ3v) is 4.12. The Labute approximate surface area is 160 Å². The fourth-order valence-electron chi connectivity index (χ4n) is 2.89. The SMILES string of the molecule is COc1ccc(CNC(=O)[C@@H](C)Oc2cc(C)cc(C)c2)c(OC)c1OC. The van der Waals surface area contributed by atoms with Crippen LogP contribution in [0.3, 0.4) is 0 Å². The lowest BCUT2D eigenvalue weighted by Crippen LogP contribution is -2.36. The van der Waals surface area contributed by atoms with E-state index in [2.05, 4.69) is 11.4 Å². The molecule has 0 aliphatic carbocycles. The maximum absolute atomic E-state index is 12.4. The van der Waals surface area contributed by atoms with Gasteiger partial charge in [0.25, 0.3) is 5.91 Å². The summed E-state index contributed by atoms with van der Waals surface area (Å²) >= 11 is 0. The van der Waals surface area contributed by atoms with E-state index in [1.807, 2.05) is 32.0 Å². The van der Waals surface area contributed by atoms with Gasteiger partial charge in [0.1, 0.15) is 5.75 Å². The van der Waals surface area contributed by atoms with Gasteiger partial charge in [0, 0.05) is 12.1 Å². The number of hydrogen-bond donors (Lipinski definition) is 1. The number of hydrogen-bond acceptors (Lipinski definition) is 5. The summed E-state index contributed by atoms with van der Waals surface area (Å²) in [6.07, 6.45) is -0.627. The summed E-state index contributed by atoms with van der Waals surface area (Å²) in [7, 11) is 4.65. The molecule has 1 atom stereocenters. The van der Waals surface area contributed by atoms with Crippen LogP contribution in [-0.4, -0.2) is 33.3 Å². The molecule has 0 saturated carbocycles. The van der Waals surface area contributed by atoms with Crippen molar-refractivity contribution in [2.45, 2.75) is 33.4 Å². The van der Waals surface area contributed by atoms with Crippen molar-refractivity contribution in [2.75, 3.05) is 21.3 Å². The van der Waals surface area contributed by atoms with Crippen LogP contribution in [-0.2, 0) is 11.3 Å². The van der Waals surface area contributed by atoms with E-state index >= 15 is 0 Å². The molecule has 27 heavy (non-hydrogen) atoms. The number of aryl methyl sites for hydroxylation is 2. The minimum atomic E-state index is -0.627. The Morgan fingerprint density at radius 2 is 1.59 bits per heavy atom. The van der Waals surface area contributed by atoms with Crippen LogP contribution in [0, 0.1) is 13.8 Å². The van der Waals surface area contributed by atoms with Crippen LogP contribution in [0.1, 0.15) is 23.6 Å². The van der Waals surface area contributed by atoms with Crippen molar-refractivity contribution < 1.29 is 23.7 Å². The molecule has 0 aromatic heterocycles. The van der Waals surface area contributed by atoms with Crippen LogP contribution in [0.5, 0.6) is 23.0 Å². The smallest absolute Gasteiger partial charge is 0.261 e. The average molecular weight is 373 g/mol. The molecule has 6 heteroatoms. The van der Waals surface area contributed by atoms with Crippen LogP contribution in [0.25, 0.3) is 0 Å². The normalized spacial score (nSPS) is 11.5. The summed E-state index contributed by atoms with van der Waals surface area (Å²) < 4.78 is 21.9. The molecule has 2 rings (SSSR count). The summed E-state index contributed by atoms with van der Waals surface area (Å²) in [6.45, 7) is 5.99. The van der Waals surface area contributed by atoms with E-state index < -0.39 is 6.10 Å². The van der Waals surface area contributed by atoms with Crippen molar-refractivity contribution >= 4 is 5.91 Å². The van der Waals surface area contributed by atoms with Gasteiger partial charge in [-0.3, -0.25) is 4.79 Å². The van der Waals surface area contributed by atoms with Crippen LogP contribution in [0.2, 0.25) is 0 Å². The van der Waals surface area contributed by atoms with Gasteiger partial charge in [-0.2, -0.15) is 0 Å². The van der Waals surface area contributed by atoms with Gasteiger partial charge < -0.3 is 24.3 Å². The highest BCUT2D eigenvalue weighted by molar-refractivity contribution is 5.80. The highest BCUT2D eigenvalue weighted by atomic mass is 16.5. The first-order valence-corrected chi connectivity index (χ1v) is 8.70. The van der Waals surface area contributed by atoms with E-state index in [1.54, 1.807) is 34.3 Å². The van der Waals surface area contributed by atoms with E-state index in [0.717, 1.165) is 16.7 Å². The maximum atomic E-state index is 12.4. The van der Waals surface area contributed by atoms with Crippen LogP contribution < -0.4 is 24.3 Å². The topological polar surface area (TPSA) is 66.0 Å². The zero-order valence-corrected chi connectivity index (χ0v) is 16.7. The monoisotopic (exact) mass is 373 g/mol. The predicted octanol–water partition coefficient (Wildman–Crippen LogP) is 3.41. The number of benzene rings is 2. The summed E-state index contributed by atoms with van der Waals surface area (Å²) in [5.74, 6) is 2.05. The Bertz CT molecular complexity index is 783. The minimum absolute atomic E-state index is 0.217. The van der Waals surface area contributed by atoms with Gasteiger partial charge in [-0.15, -0.1) is 0 Å². The largest absolute Gasteiger partial charge is 0.493 e. The molecule has 0 saturated heterocycles. The molecule has 0 aliphatic rings. The van der Waals surface area contributed by atoms with Crippen molar-refractivity contribution in [3.63, 3.8) is 0 Å². The molecule has 146 valence electrons. The lowest BCUT2D eigenvalue weighted by Gasteiger charge is -2.18. The zero-order chi connectivity index (χ0) is 20.0. The fraction of sp³-hybridized carbons (Fsp3) is 0.381. The van der Waals surface area contributed by atoms with Crippen molar-refractivity contribution in [2.24, 2.45) is 0 Å². The summed E-state index contributed by atoms with van der Waals surface area (Å²) in [5.41, 5.74) is 2.96. The first kappa shape index (κ1) is 20.4. The maximum Gasteiger partial charge on any atom is 0.261 e. The summed E-state index contributed by atoms with van der Waals surface area (Å²) in [6, 6.07) is 9.48. The molecular weight excluding hydrogens is 346 g/mol. The van der Waals surface area contributed by atoms with Crippen molar-refractivity contribution in [3.05, 3.63) is 47.0 Å². The van der Waals surface area contributed by atoms with Crippen molar-refractivity contribution in [1.29, 1.82) is 0 Å². The molecule has 6 nitrogen and oxygen atoms in total. The summed E-state index contributed by atoms with van der Waals surface area (Å²) in [4.78, 5) is 12.4. The molecule has 0 fully saturated rings. The number of rotatable bonds is 8. The second kappa shape index (κ2) is 9.16. The predicted molar refractivity (Wildman–Crippen MR) is 104 cm³/mol. The molecule has 0 unspecified atom stereocenters. The van der Waals surface area contributed by atoms with Gasteiger partial charge in [0.2, 0.25) is 5.75 Å². The van der Waals surface area contributed by atoms with Crippen molar-refractivity contribution in [1.82, 2.24) is 5.32 Å².